The van der Waals surface area contributed by atoms with E-state index in [1.165, 1.54) is 5.56 Å². The van der Waals surface area contributed by atoms with Crippen molar-refractivity contribution < 1.29 is 4.79 Å². The number of aliphatic imine (C=N–C) groups is 1. The molecule has 0 radical (unpaired) electrons. The van der Waals surface area contributed by atoms with Crippen LogP contribution in [0.3, 0.4) is 0 Å². The molecule has 1 amide bonds. The van der Waals surface area contributed by atoms with Crippen LogP contribution in [-0.4, -0.2) is 43.1 Å². The lowest BCUT2D eigenvalue weighted by Gasteiger charge is -2.29. The highest BCUT2D eigenvalue weighted by Crippen LogP contribution is 2.26. The van der Waals surface area contributed by atoms with E-state index in [4.69, 9.17) is 0 Å². The number of rotatable bonds is 5. The minimum absolute atomic E-state index is 0.0699. The first kappa shape index (κ1) is 17.1. The summed E-state index contributed by atoms with van der Waals surface area (Å²) < 4.78 is 2.09. The molecule has 0 saturated carbocycles. The third kappa shape index (κ3) is 4.41. The van der Waals surface area contributed by atoms with E-state index < -0.39 is 0 Å². The quantitative estimate of drug-likeness (QED) is 0.643. The molecule has 1 aromatic heterocycles. The minimum Gasteiger partial charge on any atom is -0.355 e. The normalized spacial score (nSPS) is 14.1. The molecule has 6 nitrogen and oxygen atoms in total. The van der Waals surface area contributed by atoms with E-state index in [2.05, 4.69) is 26.3 Å². The molecule has 0 atom stereocenters. The van der Waals surface area contributed by atoms with Crippen molar-refractivity contribution in [3.63, 3.8) is 0 Å². The number of hydrogen-bond acceptors (Lipinski definition) is 2. The van der Waals surface area contributed by atoms with Crippen LogP contribution in [0, 0.1) is 0 Å². The monoisotopic (exact) mass is 339 g/mol. The van der Waals surface area contributed by atoms with Gasteiger partial charge < -0.3 is 20.1 Å². The highest BCUT2D eigenvalue weighted by atomic mass is 16.2. The van der Waals surface area contributed by atoms with Crippen LogP contribution < -0.4 is 15.5 Å². The van der Waals surface area contributed by atoms with Gasteiger partial charge in [0, 0.05) is 44.8 Å². The molecular weight excluding hydrogens is 314 g/mol. The van der Waals surface area contributed by atoms with E-state index in [1.54, 1.807) is 7.05 Å². The van der Waals surface area contributed by atoms with Gasteiger partial charge in [0.15, 0.2) is 5.96 Å². The van der Waals surface area contributed by atoms with Gasteiger partial charge in [-0.2, -0.15) is 0 Å². The number of nitrogens with one attached hydrogen (secondary N) is 2. The molecule has 2 heterocycles. The van der Waals surface area contributed by atoms with Crippen LogP contribution in [0.15, 0.2) is 53.8 Å². The molecule has 1 aliphatic heterocycles. The summed E-state index contributed by atoms with van der Waals surface area (Å²) in [5.74, 6) is 0.714. The van der Waals surface area contributed by atoms with Crippen molar-refractivity contribution >= 4 is 17.6 Å². The predicted molar refractivity (Wildman–Crippen MR) is 101 cm³/mol. The Kier molecular flexibility index (Phi) is 5.72. The second-order valence-electron chi connectivity index (χ2n) is 6.05. The van der Waals surface area contributed by atoms with Crippen LogP contribution in [-0.2, 0) is 17.8 Å². The summed E-state index contributed by atoms with van der Waals surface area (Å²) in [6, 6.07) is 12.1. The molecule has 132 valence electrons. The summed E-state index contributed by atoms with van der Waals surface area (Å²) >= 11 is 0. The molecule has 1 aromatic carbocycles. The summed E-state index contributed by atoms with van der Waals surface area (Å²) in [5.41, 5.74) is 2.28. The van der Waals surface area contributed by atoms with Gasteiger partial charge in [-0.1, -0.05) is 18.2 Å². The summed E-state index contributed by atoms with van der Waals surface area (Å²) in [5, 5.41) is 6.35. The van der Waals surface area contributed by atoms with Crippen molar-refractivity contribution in [2.24, 2.45) is 4.99 Å². The first-order valence-electron chi connectivity index (χ1n) is 8.71. The van der Waals surface area contributed by atoms with Gasteiger partial charge >= 0.3 is 0 Å². The standard InChI is InChI=1S/C19H25N5O/c1-20-19(21-10-14-23-11-4-5-12-23)22-15-18(25)24-13-6-8-16-7-2-3-9-17(16)24/h2-5,7,9,11-12H,6,8,10,13-15H2,1H3,(H2,20,21,22). The lowest BCUT2D eigenvalue weighted by molar-refractivity contribution is -0.117. The summed E-state index contributed by atoms with van der Waals surface area (Å²) in [7, 11) is 1.71. The third-order valence-electron chi connectivity index (χ3n) is 4.37. The number of para-hydroxylation sites is 1. The maximum absolute atomic E-state index is 12.6. The average Bonchev–Trinajstić information content (AvgIpc) is 3.17. The molecular formula is C19H25N5O. The number of fused-ring (bicyclic) bond motifs is 1. The molecule has 0 saturated heterocycles. The zero-order chi connectivity index (χ0) is 17.5. The molecule has 6 heteroatoms. The van der Waals surface area contributed by atoms with Crippen LogP contribution in [0.25, 0.3) is 0 Å². The van der Waals surface area contributed by atoms with Crippen molar-refractivity contribution in [2.45, 2.75) is 19.4 Å². The maximum Gasteiger partial charge on any atom is 0.246 e. The number of guanidine groups is 1. The smallest absolute Gasteiger partial charge is 0.246 e. The number of aryl methyl sites for hydroxylation is 1. The Morgan fingerprint density at radius 1 is 1.16 bits per heavy atom. The number of carbonyl (C=O) groups is 1. The Morgan fingerprint density at radius 3 is 2.76 bits per heavy atom. The van der Waals surface area contributed by atoms with E-state index in [1.807, 2.05) is 47.6 Å². The topological polar surface area (TPSA) is 61.7 Å². The first-order valence-corrected chi connectivity index (χ1v) is 8.71. The Bertz CT molecular complexity index is 723. The Hall–Kier alpha value is -2.76. The first-order chi connectivity index (χ1) is 12.3. The zero-order valence-electron chi connectivity index (χ0n) is 14.6. The van der Waals surface area contributed by atoms with Gasteiger partial charge in [-0.15, -0.1) is 0 Å². The largest absolute Gasteiger partial charge is 0.355 e. The molecule has 3 rings (SSSR count). The molecule has 0 aliphatic carbocycles. The fourth-order valence-electron chi connectivity index (χ4n) is 3.09. The lowest BCUT2D eigenvalue weighted by atomic mass is 10.0. The predicted octanol–water partition coefficient (Wildman–Crippen LogP) is 1.63. The lowest BCUT2D eigenvalue weighted by Crippen LogP contribution is -2.46. The van der Waals surface area contributed by atoms with E-state index in [9.17, 15) is 4.79 Å². The SMILES string of the molecule is CN=C(NCCn1cccc1)NCC(=O)N1CCCc2ccccc21. The van der Waals surface area contributed by atoms with Crippen LogP contribution in [0.1, 0.15) is 12.0 Å². The highest BCUT2D eigenvalue weighted by Gasteiger charge is 2.21. The Labute approximate surface area is 148 Å². The number of amides is 1. The van der Waals surface area contributed by atoms with Gasteiger partial charge in [-0.05, 0) is 36.6 Å². The Morgan fingerprint density at radius 2 is 1.96 bits per heavy atom. The summed E-state index contributed by atoms with van der Waals surface area (Å²) in [6.45, 7) is 2.60. The van der Waals surface area contributed by atoms with E-state index >= 15 is 0 Å². The van der Waals surface area contributed by atoms with Crippen molar-refractivity contribution in [3.8, 4) is 0 Å². The molecule has 0 bridgehead atoms. The number of nitrogens with zero attached hydrogens (tertiary/aromatic N) is 3. The second-order valence-corrected chi connectivity index (χ2v) is 6.05. The number of carbonyl (C=O) groups excluding carboxylic acids is 1. The van der Waals surface area contributed by atoms with Gasteiger partial charge in [-0.3, -0.25) is 9.79 Å². The average molecular weight is 339 g/mol. The molecule has 25 heavy (non-hydrogen) atoms. The van der Waals surface area contributed by atoms with E-state index in [0.717, 1.165) is 38.2 Å². The molecule has 2 aromatic rings. The third-order valence-corrected chi connectivity index (χ3v) is 4.37. The second kappa shape index (κ2) is 8.37. The zero-order valence-corrected chi connectivity index (χ0v) is 14.6. The van der Waals surface area contributed by atoms with Gasteiger partial charge in [-0.25, -0.2) is 0 Å². The minimum atomic E-state index is 0.0699. The van der Waals surface area contributed by atoms with Crippen LogP contribution in [0.2, 0.25) is 0 Å². The number of benzene rings is 1. The highest BCUT2D eigenvalue weighted by molar-refractivity contribution is 5.98. The Balaban J connectivity index is 1.49. The van der Waals surface area contributed by atoms with Crippen LogP contribution in [0.4, 0.5) is 5.69 Å². The summed E-state index contributed by atoms with van der Waals surface area (Å²) in [4.78, 5) is 18.7. The van der Waals surface area contributed by atoms with Gasteiger partial charge in [0.1, 0.15) is 0 Å². The van der Waals surface area contributed by atoms with Crippen molar-refractivity contribution in [3.05, 3.63) is 54.4 Å². The fourth-order valence-corrected chi connectivity index (χ4v) is 3.09. The number of aromatic nitrogens is 1. The maximum atomic E-state index is 12.6. The van der Waals surface area contributed by atoms with E-state index in [-0.39, 0.29) is 12.5 Å². The van der Waals surface area contributed by atoms with Crippen molar-refractivity contribution in [2.75, 3.05) is 31.6 Å². The van der Waals surface area contributed by atoms with Gasteiger partial charge in [0.25, 0.3) is 0 Å². The summed E-state index contributed by atoms with van der Waals surface area (Å²) in [6.07, 6.45) is 6.09. The van der Waals surface area contributed by atoms with Crippen LogP contribution >= 0.6 is 0 Å². The molecule has 0 spiro atoms. The molecule has 2 N–H and O–H groups in total. The number of hydrogen-bond donors (Lipinski definition) is 2. The van der Waals surface area contributed by atoms with Gasteiger partial charge in [0.05, 0.1) is 6.54 Å². The van der Waals surface area contributed by atoms with E-state index in [0.29, 0.717) is 5.96 Å². The van der Waals surface area contributed by atoms with Crippen molar-refractivity contribution in [1.29, 1.82) is 0 Å². The fraction of sp³-hybridized carbons (Fsp3) is 0.368. The molecule has 0 unspecified atom stereocenters. The number of anilines is 1. The van der Waals surface area contributed by atoms with Crippen LogP contribution in [0.5, 0.6) is 0 Å². The van der Waals surface area contributed by atoms with Gasteiger partial charge in [0.2, 0.25) is 5.91 Å². The molecule has 0 fully saturated rings. The van der Waals surface area contributed by atoms with Crippen molar-refractivity contribution in [1.82, 2.24) is 15.2 Å². The molecule has 1 aliphatic rings.